The van der Waals surface area contributed by atoms with E-state index in [-0.39, 0.29) is 11.3 Å². The van der Waals surface area contributed by atoms with Crippen LogP contribution in [0.15, 0.2) is 54.6 Å². The molecule has 6 rings (SSSR count). The normalized spacial score (nSPS) is 19.9. The van der Waals surface area contributed by atoms with Crippen LogP contribution in [0.3, 0.4) is 0 Å². The summed E-state index contributed by atoms with van der Waals surface area (Å²) < 4.78 is 0. The van der Waals surface area contributed by atoms with Gasteiger partial charge < -0.3 is 20.6 Å². The van der Waals surface area contributed by atoms with Gasteiger partial charge in [0.25, 0.3) is 0 Å². The topological polar surface area (TPSA) is 85.0 Å². The maximum absolute atomic E-state index is 10.3. The molecule has 38 heavy (non-hydrogen) atoms. The van der Waals surface area contributed by atoms with E-state index in [4.69, 9.17) is 5.73 Å². The van der Waals surface area contributed by atoms with E-state index in [1.165, 1.54) is 24.1 Å². The van der Waals surface area contributed by atoms with Crippen molar-refractivity contribution in [1.29, 1.82) is 0 Å². The lowest BCUT2D eigenvalue weighted by Gasteiger charge is -2.45. The molecule has 3 heterocycles. The molecule has 0 atom stereocenters. The van der Waals surface area contributed by atoms with Crippen molar-refractivity contribution in [2.24, 2.45) is 0 Å². The number of para-hydroxylation sites is 1. The third-order valence-electron chi connectivity index (χ3n) is 8.57. The maximum Gasteiger partial charge on any atom is 0.169 e. The van der Waals surface area contributed by atoms with Crippen molar-refractivity contribution in [2.75, 3.05) is 61.3 Å². The number of phenolic OH excluding ortho intramolecular Hbond substituents is 1. The average molecular weight is 514 g/mol. The molecule has 2 saturated heterocycles. The van der Waals surface area contributed by atoms with E-state index < -0.39 is 0 Å². The molecule has 0 amide bonds. The Kier molecular flexibility index (Phi) is 6.61. The summed E-state index contributed by atoms with van der Waals surface area (Å²) in [4.78, 5) is 10.1. The van der Waals surface area contributed by atoms with Gasteiger partial charge in [0.1, 0.15) is 5.75 Å². The third kappa shape index (κ3) is 4.90. The van der Waals surface area contributed by atoms with Gasteiger partial charge in [0.2, 0.25) is 0 Å². The van der Waals surface area contributed by atoms with Gasteiger partial charge in [-0.1, -0.05) is 24.3 Å². The molecule has 8 nitrogen and oxygen atoms in total. The van der Waals surface area contributed by atoms with Gasteiger partial charge in [-0.25, -0.2) is 0 Å². The molecule has 3 N–H and O–H groups in total. The van der Waals surface area contributed by atoms with E-state index in [2.05, 4.69) is 67.9 Å². The second-order valence-electron chi connectivity index (χ2n) is 11.4. The van der Waals surface area contributed by atoms with Crippen LogP contribution in [0.1, 0.15) is 32.3 Å². The molecule has 8 heteroatoms. The first-order valence-electron chi connectivity index (χ1n) is 13.9. The summed E-state index contributed by atoms with van der Waals surface area (Å²) in [5.74, 6) is 0.635. The van der Waals surface area contributed by atoms with Crippen molar-refractivity contribution in [3.63, 3.8) is 0 Å². The molecule has 2 aromatic carbocycles. The zero-order valence-corrected chi connectivity index (χ0v) is 22.6. The molecule has 3 aromatic rings. The van der Waals surface area contributed by atoms with Crippen LogP contribution in [-0.4, -0.2) is 82.5 Å². The standard InChI is InChI=1S/C30H39N7O/c1-22(2)35-14-12-34(13-15-35)20-23-6-5-7-24(18-23)37-17-16-36(21-30(37)10-11-30)27-19-26(32-33-29(27)31)25-8-3-4-9-28(25)38/h3-9,18-19,22,38H,10-17,20-21H2,1-2H3,(H2,31,33). The highest BCUT2D eigenvalue weighted by molar-refractivity contribution is 5.74. The van der Waals surface area contributed by atoms with E-state index in [1.54, 1.807) is 6.07 Å². The summed E-state index contributed by atoms with van der Waals surface area (Å²) in [6.45, 7) is 12.9. The van der Waals surface area contributed by atoms with Crippen LogP contribution in [0.4, 0.5) is 17.2 Å². The predicted octanol–water partition coefficient (Wildman–Crippen LogP) is 3.82. The number of nitrogens with zero attached hydrogens (tertiary/aromatic N) is 6. The van der Waals surface area contributed by atoms with Gasteiger partial charge in [0.15, 0.2) is 5.82 Å². The minimum atomic E-state index is 0.129. The molecule has 200 valence electrons. The molecular weight excluding hydrogens is 474 g/mol. The maximum atomic E-state index is 10.3. The summed E-state index contributed by atoms with van der Waals surface area (Å²) in [6, 6.07) is 19.0. The number of benzene rings is 2. The van der Waals surface area contributed by atoms with Crippen molar-refractivity contribution in [1.82, 2.24) is 20.0 Å². The number of hydrogen-bond acceptors (Lipinski definition) is 8. The molecule has 0 radical (unpaired) electrons. The van der Waals surface area contributed by atoms with Crippen molar-refractivity contribution in [3.8, 4) is 17.0 Å². The largest absolute Gasteiger partial charge is 0.507 e. The van der Waals surface area contributed by atoms with Crippen LogP contribution in [0.2, 0.25) is 0 Å². The number of hydrogen-bond donors (Lipinski definition) is 2. The van der Waals surface area contributed by atoms with Gasteiger partial charge in [-0.3, -0.25) is 9.80 Å². The molecule has 0 bridgehead atoms. The first-order chi connectivity index (χ1) is 18.4. The SMILES string of the molecule is CC(C)N1CCN(Cc2cccc(N3CCN(c4cc(-c5ccccc5O)nnc4N)CC34CC4)c2)CC1. The summed E-state index contributed by atoms with van der Waals surface area (Å²) in [5.41, 5.74) is 11.4. The predicted molar refractivity (Wildman–Crippen MR) is 153 cm³/mol. The summed E-state index contributed by atoms with van der Waals surface area (Å²) in [7, 11) is 0. The molecular formula is C30H39N7O. The number of phenols is 1. The van der Waals surface area contributed by atoms with Crippen LogP contribution < -0.4 is 15.5 Å². The smallest absolute Gasteiger partial charge is 0.169 e. The first-order valence-corrected chi connectivity index (χ1v) is 13.9. The van der Waals surface area contributed by atoms with Crippen LogP contribution in [0, 0.1) is 0 Å². The molecule has 1 aromatic heterocycles. The Labute approximate surface area is 225 Å². The summed E-state index contributed by atoms with van der Waals surface area (Å²) in [6.07, 6.45) is 2.35. The van der Waals surface area contributed by atoms with Gasteiger partial charge >= 0.3 is 0 Å². The number of nitrogens with two attached hydrogens (primary N) is 1. The average Bonchev–Trinajstić information content (AvgIpc) is 3.69. The zero-order valence-electron chi connectivity index (χ0n) is 22.6. The van der Waals surface area contributed by atoms with Gasteiger partial charge in [-0.05, 0) is 62.6 Å². The third-order valence-corrected chi connectivity index (χ3v) is 8.57. The Morgan fingerprint density at radius 3 is 2.45 bits per heavy atom. The minimum Gasteiger partial charge on any atom is -0.507 e. The lowest BCUT2D eigenvalue weighted by atomic mass is 10.1. The van der Waals surface area contributed by atoms with Crippen LogP contribution in [0.5, 0.6) is 5.75 Å². The van der Waals surface area contributed by atoms with Gasteiger partial charge in [-0.2, -0.15) is 0 Å². The van der Waals surface area contributed by atoms with Crippen molar-refractivity contribution in [2.45, 2.75) is 44.8 Å². The number of aromatic hydroxyl groups is 1. The second-order valence-corrected chi connectivity index (χ2v) is 11.4. The molecule has 3 aliphatic rings. The quantitative estimate of drug-likeness (QED) is 0.515. The van der Waals surface area contributed by atoms with E-state index in [9.17, 15) is 5.11 Å². The van der Waals surface area contributed by atoms with Crippen LogP contribution in [-0.2, 0) is 6.54 Å². The fraction of sp³-hybridized carbons (Fsp3) is 0.467. The number of nitrogen functional groups attached to an aromatic ring is 1. The molecule has 0 unspecified atom stereocenters. The minimum absolute atomic E-state index is 0.129. The van der Waals surface area contributed by atoms with Crippen molar-refractivity contribution < 1.29 is 5.11 Å². The monoisotopic (exact) mass is 513 g/mol. The van der Waals surface area contributed by atoms with E-state index in [1.807, 2.05) is 24.3 Å². The first kappa shape index (κ1) is 24.9. The second kappa shape index (κ2) is 10.1. The Balaban J connectivity index is 1.16. The molecule has 1 aliphatic carbocycles. The van der Waals surface area contributed by atoms with Gasteiger partial charge in [0.05, 0.1) is 16.9 Å². The molecule has 1 spiro atoms. The highest BCUT2D eigenvalue weighted by Crippen LogP contribution is 2.48. The van der Waals surface area contributed by atoms with Crippen LogP contribution >= 0.6 is 0 Å². The van der Waals surface area contributed by atoms with E-state index in [0.29, 0.717) is 23.1 Å². The number of piperazine rings is 2. The fourth-order valence-corrected chi connectivity index (χ4v) is 6.14. The summed E-state index contributed by atoms with van der Waals surface area (Å²) in [5, 5.41) is 18.8. The van der Waals surface area contributed by atoms with E-state index in [0.717, 1.165) is 58.0 Å². The van der Waals surface area contributed by atoms with Crippen LogP contribution in [0.25, 0.3) is 11.3 Å². The number of aromatic nitrogens is 2. The Morgan fingerprint density at radius 1 is 0.921 bits per heavy atom. The molecule has 1 saturated carbocycles. The van der Waals surface area contributed by atoms with Gasteiger partial charge in [-0.15, -0.1) is 10.2 Å². The van der Waals surface area contributed by atoms with Crippen molar-refractivity contribution >= 4 is 17.2 Å². The summed E-state index contributed by atoms with van der Waals surface area (Å²) >= 11 is 0. The zero-order chi connectivity index (χ0) is 26.3. The number of anilines is 3. The Bertz CT molecular complexity index is 1280. The molecule has 3 fully saturated rings. The highest BCUT2D eigenvalue weighted by Gasteiger charge is 2.51. The lowest BCUT2D eigenvalue weighted by molar-refractivity contribution is 0.104. The lowest BCUT2D eigenvalue weighted by Crippen LogP contribution is -2.55. The Morgan fingerprint density at radius 2 is 1.71 bits per heavy atom. The highest BCUT2D eigenvalue weighted by atomic mass is 16.3. The number of rotatable bonds is 6. The Hall–Kier alpha value is -3.36. The van der Waals surface area contributed by atoms with Crippen molar-refractivity contribution in [3.05, 3.63) is 60.2 Å². The fourth-order valence-electron chi connectivity index (χ4n) is 6.14. The molecule has 2 aliphatic heterocycles. The van der Waals surface area contributed by atoms with E-state index >= 15 is 0 Å². The van der Waals surface area contributed by atoms with Gasteiger partial charge in [0, 0.05) is 69.7 Å².